The second-order valence-corrected chi connectivity index (χ2v) is 4.89. The largest absolute Gasteiger partial charge is 0.351 e. The average Bonchev–Trinajstić information content (AvgIpc) is 2.67. The van der Waals surface area contributed by atoms with E-state index in [-0.39, 0.29) is 5.91 Å². The molecule has 0 spiro atoms. The summed E-state index contributed by atoms with van der Waals surface area (Å²) in [6.45, 7) is 2.92. The van der Waals surface area contributed by atoms with Crippen molar-refractivity contribution in [3.8, 4) is 0 Å². The van der Waals surface area contributed by atoms with Gasteiger partial charge in [-0.25, -0.2) is 0 Å². The van der Waals surface area contributed by atoms with E-state index in [1.165, 1.54) is 36.8 Å². The SMILES string of the molecule is CCCCCCCCNC(=O)c1cc(Cl)nn1C. The maximum Gasteiger partial charge on any atom is 0.269 e. The van der Waals surface area contributed by atoms with E-state index in [0.29, 0.717) is 17.4 Å². The van der Waals surface area contributed by atoms with Crippen molar-refractivity contribution in [2.75, 3.05) is 6.54 Å². The second-order valence-electron chi connectivity index (χ2n) is 4.50. The summed E-state index contributed by atoms with van der Waals surface area (Å²) in [5.41, 5.74) is 0.506. The number of nitrogens with zero attached hydrogens (tertiary/aromatic N) is 2. The molecule has 0 aliphatic heterocycles. The van der Waals surface area contributed by atoms with Gasteiger partial charge in [-0.3, -0.25) is 9.48 Å². The molecule has 1 aromatic heterocycles. The van der Waals surface area contributed by atoms with E-state index in [4.69, 9.17) is 11.6 Å². The fourth-order valence-corrected chi connectivity index (χ4v) is 2.06. The zero-order valence-electron chi connectivity index (χ0n) is 11.2. The van der Waals surface area contributed by atoms with Gasteiger partial charge in [0, 0.05) is 19.7 Å². The molecule has 4 nitrogen and oxygen atoms in total. The van der Waals surface area contributed by atoms with E-state index in [9.17, 15) is 4.79 Å². The van der Waals surface area contributed by atoms with Crippen LogP contribution in [0.5, 0.6) is 0 Å². The highest BCUT2D eigenvalue weighted by Gasteiger charge is 2.11. The Balaban J connectivity index is 2.16. The summed E-state index contributed by atoms with van der Waals surface area (Å²) < 4.78 is 1.50. The van der Waals surface area contributed by atoms with Gasteiger partial charge in [0.05, 0.1) is 0 Å². The monoisotopic (exact) mass is 271 g/mol. The van der Waals surface area contributed by atoms with Gasteiger partial charge in [-0.05, 0) is 6.42 Å². The van der Waals surface area contributed by atoms with Gasteiger partial charge >= 0.3 is 0 Å². The summed E-state index contributed by atoms with van der Waals surface area (Å²) in [4.78, 5) is 11.8. The fourth-order valence-electron chi connectivity index (χ4n) is 1.84. The van der Waals surface area contributed by atoms with E-state index < -0.39 is 0 Å². The average molecular weight is 272 g/mol. The Morgan fingerprint density at radius 3 is 2.61 bits per heavy atom. The lowest BCUT2D eigenvalue weighted by Gasteiger charge is -2.05. The van der Waals surface area contributed by atoms with Gasteiger partial charge in [-0.15, -0.1) is 0 Å². The summed E-state index contributed by atoms with van der Waals surface area (Å²) in [5.74, 6) is -0.106. The number of hydrogen-bond acceptors (Lipinski definition) is 2. The molecule has 0 unspecified atom stereocenters. The first-order valence-electron chi connectivity index (χ1n) is 6.63. The topological polar surface area (TPSA) is 46.9 Å². The number of aromatic nitrogens is 2. The first-order valence-corrected chi connectivity index (χ1v) is 7.00. The van der Waals surface area contributed by atoms with E-state index in [0.717, 1.165) is 6.42 Å². The van der Waals surface area contributed by atoms with Crippen molar-refractivity contribution in [2.45, 2.75) is 45.4 Å². The van der Waals surface area contributed by atoms with Crippen LogP contribution in [-0.4, -0.2) is 22.2 Å². The molecular formula is C13H22ClN3O. The molecule has 18 heavy (non-hydrogen) atoms. The molecule has 0 fully saturated rings. The molecule has 1 N–H and O–H groups in total. The lowest BCUT2D eigenvalue weighted by atomic mass is 10.1. The van der Waals surface area contributed by atoms with Crippen molar-refractivity contribution in [3.63, 3.8) is 0 Å². The Labute approximate surface area is 114 Å². The molecule has 0 atom stereocenters. The quantitative estimate of drug-likeness (QED) is 0.738. The number of halogens is 1. The Hall–Kier alpha value is -1.03. The number of hydrogen-bond donors (Lipinski definition) is 1. The van der Waals surface area contributed by atoms with Crippen LogP contribution in [0, 0.1) is 0 Å². The predicted molar refractivity (Wildman–Crippen MR) is 73.9 cm³/mol. The van der Waals surface area contributed by atoms with Crippen molar-refractivity contribution >= 4 is 17.5 Å². The van der Waals surface area contributed by atoms with Gasteiger partial charge in [-0.2, -0.15) is 5.10 Å². The first kappa shape index (κ1) is 15.0. The van der Waals surface area contributed by atoms with E-state index >= 15 is 0 Å². The number of rotatable bonds is 8. The third kappa shape index (κ3) is 5.08. The predicted octanol–water partition coefficient (Wildman–Crippen LogP) is 3.16. The zero-order valence-corrected chi connectivity index (χ0v) is 12.0. The van der Waals surface area contributed by atoms with Crippen LogP contribution < -0.4 is 5.32 Å². The zero-order chi connectivity index (χ0) is 13.4. The molecule has 0 aliphatic carbocycles. The third-order valence-corrected chi connectivity index (χ3v) is 3.08. The lowest BCUT2D eigenvalue weighted by Crippen LogP contribution is -2.26. The number of carbonyl (C=O) groups is 1. The van der Waals surface area contributed by atoms with E-state index in [1.807, 2.05) is 0 Å². The molecule has 0 saturated carbocycles. The van der Waals surface area contributed by atoms with Crippen molar-refractivity contribution in [1.29, 1.82) is 0 Å². The number of amides is 1. The van der Waals surface area contributed by atoms with Crippen molar-refractivity contribution in [1.82, 2.24) is 15.1 Å². The maximum atomic E-state index is 11.8. The van der Waals surface area contributed by atoms with Crippen LogP contribution in [-0.2, 0) is 7.05 Å². The standard InChI is InChI=1S/C13H22ClN3O/c1-3-4-5-6-7-8-9-15-13(18)11-10-12(14)16-17(11)2/h10H,3-9H2,1-2H3,(H,15,18). The molecule has 0 saturated heterocycles. The molecule has 1 rings (SSSR count). The molecule has 1 amide bonds. The molecular weight excluding hydrogens is 250 g/mol. The Kier molecular flexibility index (Phi) is 6.80. The molecule has 102 valence electrons. The van der Waals surface area contributed by atoms with Gasteiger partial charge in [0.25, 0.3) is 5.91 Å². The first-order chi connectivity index (χ1) is 8.65. The minimum Gasteiger partial charge on any atom is -0.351 e. The van der Waals surface area contributed by atoms with Gasteiger partial charge < -0.3 is 5.32 Å². The highest BCUT2D eigenvalue weighted by atomic mass is 35.5. The number of nitrogens with one attached hydrogen (secondary N) is 1. The molecule has 1 aromatic rings. The van der Waals surface area contributed by atoms with Crippen LogP contribution in [0.4, 0.5) is 0 Å². The Morgan fingerprint density at radius 2 is 2.00 bits per heavy atom. The summed E-state index contributed by atoms with van der Waals surface area (Å²) in [6.07, 6.45) is 7.31. The lowest BCUT2D eigenvalue weighted by molar-refractivity contribution is 0.0943. The Bertz CT molecular complexity index is 376. The van der Waals surface area contributed by atoms with Gasteiger partial charge in [-0.1, -0.05) is 50.6 Å². The minimum atomic E-state index is -0.106. The molecule has 0 radical (unpaired) electrons. The van der Waals surface area contributed by atoms with E-state index in [1.54, 1.807) is 13.1 Å². The number of carbonyl (C=O) groups excluding carboxylic acids is 1. The summed E-state index contributed by atoms with van der Waals surface area (Å²) >= 11 is 5.73. The van der Waals surface area contributed by atoms with Crippen LogP contribution in [0.2, 0.25) is 5.15 Å². The summed E-state index contributed by atoms with van der Waals surface area (Å²) in [5, 5.41) is 7.17. The summed E-state index contributed by atoms with van der Waals surface area (Å²) in [6, 6.07) is 1.58. The van der Waals surface area contributed by atoms with Crippen LogP contribution in [0.1, 0.15) is 55.9 Å². The molecule has 0 aromatic carbocycles. The van der Waals surface area contributed by atoms with Crippen molar-refractivity contribution < 1.29 is 4.79 Å². The number of unbranched alkanes of at least 4 members (excludes halogenated alkanes) is 5. The van der Waals surface area contributed by atoms with Crippen LogP contribution in [0.25, 0.3) is 0 Å². The fraction of sp³-hybridized carbons (Fsp3) is 0.692. The molecule has 5 heteroatoms. The molecule has 0 bridgehead atoms. The third-order valence-electron chi connectivity index (χ3n) is 2.90. The summed E-state index contributed by atoms with van der Waals surface area (Å²) in [7, 11) is 1.71. The van der Waals surface area contributed by atoms with Crippen LogP contribution >= 0.6 is 11.6 Å². The highest BCUT2D eigenvalue weighted by molar-refractivity contribution is 6.29. The molecule has 0 aliphatic rings. The Morgan fingerprint density at radius 1 is 1.33 bits per heavy atom. The smallest absolute Gasteiger partial charge is 0.269 e. The highest BCUT2D eigenvalue weighted by Crippen LogP contribution is 2.08. The van der Waals surface area contributed by atoms with Gasteiger partial charge in [0.2, 0.25) is 0 Å². The van der Waals surface area contributed by atoms with Gasteiger partial charge in [0.1, 0.15) is 5.69 Å². The second kappa shape index (κ2) is 8.14. The van der Waals surface area contributed by atoms with Crippen LogP contribution in [0.15, 0.2) is 6.07 Å². The normalized spacial score (nSPS) is 10.6. The molecule has 1 heterocycles. The van der Waals surface area contributed by atoms with E-state index in [2.05, 4.69) is 17.3 Å². The van der Waals surface area contributed by atoms with Crippen molar-refractivity contribution in [2.24, 2.45) is 7.05 Å². The van der Waals surface area contributed by atoms with Gasteiger partial charge in [0.15, 0.2) is 5.15 Å². The van der Waals surface area contributed by atoms with Crippen LogP contribution in [0.3, 0.4) is 0 Å². The number of aryl methyl sites for hydroxylation is 1. The minimum absolute atomic E-state index is 0.106. The maximum absolute atomic E-state index is 11.8. The van der Waals surface area contributed by atoms with Crippen molar-refractivity contribution in [3.05, 3.63) is 16.9 Å².